The van der Waals surface area contributed by atoms with Crippen molar-refractivity contribution >= 4 is 33.5 Å². The Morgan fingerprint density at radius 3 is 2.25 bits per heavy atom. The van der Waals surface area contributed by atoms with E-state index in [2.05, 4.69) is 20.7 Å². The van der Waals surface area contributed by atoms with Gasteiger partial charge >= 0.3 is 15.9 Å². The molecule has 0 heterocycles. The summed E-state index contributed by atoms with van der Waals surface area (Å²) in [5.41, 5.74) is -0.195. The number of esters is 1. The van der Waals surface area contributed by atoms with Gasteiger partial charge in [0.1, 0.15) is 0 Å². The number of carbonyl (C=O) groups is 1. The van der Waals surface area contributed by atoms with Gasteiger partial charge in [-0.05, 0) is 15.9 Å². The van der Waals surface area contributed by atoms with E-state index in [0.717, 1.165) is 6.92 Å². The largest absolute Gasteiger partial charge is 0.419 e. The third-order valence-electron chi connectivity index (χ3n) is 1.79. The van der Waals surface area contributed by atoms with Crippen molar-refractivity contribution in [1.82, 2.24) is 0 Å². The van der Waals surface area contributed by atoms with Gasteiger partial charge in [0, 0.05) is 12.5 Å². The molecule has 2 atom stereocenters. The lowest BCUT2D eigenvalue weighted by molar-refractivity contribution is -0.197. The smallest absolute Gasteiger partial charge is 0.334 e. The van der Waals surface area contributed by atoms with E-state index in [4.69, 9.17) is 11.6 Å². The van der Waals surface area contributed by atoms with Crippen LogP contribution in [0.1, 0.15) is 12.5 Å². The monoisotopic (exact) mass is 312 g/mol. The normalized spacial score (nSPS) is 18.3. The Kier molecular flexibility index (Phi) is 3.91. The third-order valence-corrected chi connectivity index (χ3v) is 2.55. The van der Waals surface area contributed by atoms with Crippen LogP contribution in [0.3, 0.4) is 0 Å². The predicted octanol–water partition coefficient (Wildman–Crippen LogP) is 3.63. The number of carbonyl (C=O) groups excluding carboxylic acids is 1. The molecule has 16 heavy (non-hydrogen) atoms. The summed E-state index contributed by atoms with van der Waals surface area (Å²) in [5, 5.41) is 0. The van der Waals surface area contributed by atoms with Crippen molar-refractivity contribution in [2.75, 3.05) is 0 Å². The summed E-state index contributed by atoms with van der Waals surface area (Å²) in [6.07, 6.45) is 0. The minimum absolute atomic E-state index is 0.195. The Morgan fingerprint density at radius 2 is 1.88 bits per heavy atom. The van der Waals surface area contributed by atoms with Crippen molar-refractivity contribution in [2.45, 2.75) is 16.8 Å². The highest BCUT2D eigenvalue weighted by molar-refractivity contribution is 9.10. The van der Waals surface area contributed by atoms with Gasteiger partial charge in [0.15, 0.2) is 0 Å². The fourth-order valence-corrected chi connectivity index (χ4v) is 1.59. The van der Waals surface area contributed by atoms with Crippen molar-refractivity contribution in [2.24, 2.45) is 0 Å². The van der Waals surface area contributed by atoms with E-state index >= 15 is 0 Å². The highest BCUT2D eigenvalue weighted by Gasteiger charge is 2.55. The van der Waals surface area contributed by atoms with Gasteiger partial charge in [0.25, 0.3) is 0 Å². The van der Waals surface area contributed by atoms with Crippen molar-refractivity contribution in [3.63, 3.8) is 0 Å². The number of benzene rings is 1. The first-order chi connectivity index (χ1) is 7.27. The molecule has 2 nitrogen and oxygen atoms in total. The summed E-state index contributed by atoms with van der Waals surface area (Å²) in [4.78, 5) is 10.8. The van der Waals surface area contributed by atoms with Crippen LogP contribution in [0.2, 0.25) is 0 Å². The first-order valence-corrected chi connectivity index (χ1v) is 5.45. The molecular formula is C10H8BrClF2O2. The fourth-order valence-electron chi connectivity index (χ4n) is 1.13. The van der Waals surface area contributed by atoms with Gasteiger partial charge in [-0.1, -0.05) is 41.9 Å². The van der Waals surface area contributed by atoms with Gasteiger partial charge in [-0.3, -0.25) is 4.79 Å². The second kappa shape index (κ2) is 4.67. The summed E-state index contributed by atoms with van der Waals surface area (Å²) in [6.45, 7) is 0.965. The standard InChI is InChI=1S/C10H8BrClF2O2/c1-7(15)16-9(13,10(11,12)14)8-5-3-2-4-6-8/h2-6H,1H3/t9-,10-/m0/s1. The lowest BCUT2D eigenvalue weighted by Gasteiger charge is -2.30. The van der Waals surface area contributed by atoms with Crippen molar-refractivity contribution in [3.05, 3.63) is 35.9 Å². The average Bonchev–Trinajstić information content (AvgIpc) is 2.16. The molecule has 0 aliphatic carbocycles. The van der Waals surface area contributed by atoms with Gasteiger partial charge < -0.3 is 4.74 Å². The van der Waals surface area contributed by atoms with Crippen LogP contribution >= 0.6 is 27.5 Å². The van der Waals surface area contributed by atoms with E-state index in [1.54, 1.807) is 6.07 Å². The number of ether oxygens (including phenoxy) is 1. The molecule has 0 saturated carbocycles. The van der Waals surface area contributed by atoms with Crippen LogP contribution < -0.4 is 0 Å². The van der Waals surface area contributed by atoms with Gasteiger partial charge in [0.05, 0.1) is 0 Å². The maximum absolute atomic E-state index is 14.3. The van der Waals surface area contributed by atoms with Crippen LogP contribution in [-0.2, 0) is 15.4 Å². The molecule has 0 unspecified atom stereocenters. The summed E-state index contributed by atoms with van der Waals surface area (Å²) < 4.78 is 29.1. The second-order valence-electron chi connectivity index (χ2n) is 3.05. The van der Waals surface area contributed by atoms with Crippen LogP contribution in [-0.4, -0.2) is 10.0 Å². The Hall–Kier alpha value is -0.680. The van der Waals surface area contributed by atoms with Crippen LogP contribution in [0.5, 0.6) is 0 Å². The topological polar surface area (TPSA) is 26.3 Å². The number of hydrogen-bond acceptors (Lipinski definition) is 2. The molecule has 0 aliphatic rings. The fraction of sp³-hybridized carbons (Fsp3) is 0.300. The predicted molar refractivity (Wildman–Crippen MR) is 59.6 cm³/mol. The van der Waals surface area contributed by atoms with E-state index in [-0.39, 0.29) is 5.56 Å². The summed E-state index contributed by atoms with van der Waals surface area (Å²) in [6, 6.07) is 7.09. The molecule has 0 aromatic heterocycles. The molecule has 0 radical (unpaired) electrons. The second-order valence-corrected chi connectivity index (χ2v) is 5.12. The molecule has 0 N–H and O–H groups in total. The number of rotatable bonds is 3. The first-order valence-electron chi connectivity index (χ1n) is 4.28. The van der Waals surface area contributed by atoms with Crippen LogP contribution in [0.15, 0.2) is 30.3 Å². The van der Waals surface area contributed by atoms with Gasteiger partial charge in [-0.25, -0.2) is 4.39 Å². The molecule has 0 aliphatic heterocycles. The zero-order valence-electron chi connectivity index (χ0n) is 8.22. The van der Waals surface area contributed by atoms with Gasteiger partial charge in [-0.2, -0.15) is 4.39 Å². The Labute approximate surface area is 105 Å². The highest BCUT2D eigenvalue weighted by atomic mass is 79.9. The quantitative estimate of drug-likeness (QED) is 0.629. The van der Waals surface area contributed by atoms with E-state index < -0.39 is 15.9 Å². The summed E-state index contributed by atoms with van der Waals surface area (Å²) >= 11 is 7.53. The third kappa shape index (κ3) is 2.71. The van der Waals surface area contributed by atoms with Crippen molar-refractivity contribution in [1.29, 1.82) is 0 Å². The van der Waals surface area contributed by atoms with Crippen LogP contribution in [0.4, 0.5) is 8.78 Å². The lowest BCUT2D eigenvalue weighted by atomic mass is 10.1. The minimum Gasteiger partial charge on any atom is -0.419 e. The maximum atomic E-state index is 14.3. The molecule has 1 rings (SSSR count). The Bertz CT molecular complexity index is 380. The van der Waals surface area contributed by atoms with Crippen molar-refractivity contribution < 1.29 is 18.3 Å². The van der Waals surface area contributed by atoms with E-state index in [9.17, 15) is 13.6 Å². The molecular weight excluding hydrogens is 305 g/mol. The van der Waals surface area contributed by atoms with Crippen molar-refractivity contribution in [3.8, 4) is 0 Å². The molecule has 6 heteroatoms. The number of halogens is 4. The average molecular weight is 314 g/mol. The molecule has 0 fully saturated rings. The highest BCUT2D eigenvalue weighted by Crippen LogP contribution is 2.48. The van der Waals surface area contributed by atoms with E-state index in [1.807, 2.05) is 0 Å². The Balaban J connectivity index is 3.21. The maximum Gasteiger partial charge on any atom is 0.334 e. The Morgan fingerprint density at radius 1 is 1.38 bits per heavy atom. The lowest BCUT2D eigenvalue weighted by Crippen LogP contribution is -2.40. The van der Waals surface area contributed by atoms with E-state index in [0.29, 0.717) is 0 Å². The number of hydrogen-bond donors (Lipinski definition) is 0. The summed E-state index contributed by atoms with van der Waals surface area (Å²) in [7, 11) is 0. The minimum atomic E-state index is -3.08. The van der Waals surface area contributed by atoms with Gasteiger partial charge in [-0.15, -0.1) is 0 Å². The molecule has 0 spiro atoms. The summed E-state index contributed by atoms with van der Waals surface area (Å²) in [5.74, 6) is -4.06. The van der Waals surface area contributed by atoms with Gasteiger partial charge in [0.2, 0.25) is 0 Å². The molecule has 88 valence electrons. The number of alkyl halides is 4. The van der Waals surface area contributed by atoms with Crippen LogP contribution in [0, 0.1) is 0 Å². The molecule has 1 aromatic rings. The zero-order chi connectivity index (χ0) is 12.4. The first kappa shape index (κ1) is 13.4. The zero-order valence-corrected chi connectivity index (χ0v) is 10.6. The molecule has 0 saturated heterocycles. The van der Waals surface area contributed by atoms with Crippen LogP contribution in [0.25, 0.3) is 0 Å². The molecule has 1 aromatic carbocycles. The molecule has 0 bridgehead atoms. The molecule has 0 amide bonds. The SMILES string of the molecule is CC(=O)O[C@@](F)(c1ccccc1)[C@@](F)(Cl)Br. The van der Waals surface area contributed by atoms with E-state index in [1.165, 1.54) is 24.3 Å².